The van der Waals surface area contributed by atoms with E-state index in [1.807, 2.05) is 32.7 Å². The second-order valence-corrected chi connectivity index (χ2v) is 8.31. The summed E-state index contributed by atoms with van der Waals surface area (Å²) in [5, 5.41) is 0. The predicted octanol–water partition coefficient (Wildman–Crippen LogP) is 1.92. The lowest BCUT2D eigenvalue weighted by Crippen LogP contribution is -2.60. The van der Waals surface area contributed by atoms with Crippen molar-refractivity contribution in [1.29, 1.82) is 0 Å². The van der Waals surface area contributed by atoms with Gasteiger partial charge in [-0.15, -0.1) is 0 Å². The minimum Gasteiger partial charge on any atom is -0.335 e. The van der Waals surface area contributed by atoms with Crippen LogP contribution in [-0.4, -0.2) is 38.6 Å². The number of rotatable bonds is 2. The SMILES string of the molecule is CN1C(=O)C2CCC1(C=N[S@@](=O)C(C)(C)C)CC2. The molecule has 2 aliphatic heterocycles. The van der Waals surface area contributed by atoms with Crippen molar-refractivity contribution in [2.45, 2.75) is 56.7 Å². The average molecular weight is 270 g/mol. The molecule has 0 aromatic carbocycles. The lowest BCUT2D eigenvalue weighted by atomic mass is 9.71. The summed E-state index contributed by atoms with van der Waals surface area (Å²) in [4.78, 5) is 13.8. The standard InChI is InChI=1S/C13H22N2O2S/c1-12(2,3)18(17)14-9-13-7-5-10(6-8-13)11(16)15(13)4/h9-10H,5-8H2,1-4H3/t10?,13?,18-/m0/s1. The summed E-state index contributed by atoms with van der Waals surface area (Å²) in [6.07, 6.45) is 5.56. The van der Waals surface area contributed by atoms with Crippen LogP contribution in [0.4, 0.5) is 0 Å². The molecule has 102 valence electrons. The van der Waals surface area contributed by atoms with Gasteiger partial charge in [-0.05, 0) is 46.5 Å². The van der Waals surface area contributed by atoms with Crippen molar-refractivity contribution in [3.05, 3.63) is 0 Å². The van der Waals surface area contributed by atoms with Crippen LogP contribution >= 0.6 is 0 Å². The zero-order valence-corrected chi connectivity index (χ0v) is 12.4. The number of amides is 1. The van der Waals surface area contributed by atoms with Gasteiger partial charge in [-0.1, -0.05) is 0 Å². The first-order valence-electron chi connectivity index (χ1n) is 6.51. The van der Waals surface area contributed by atoms with Crippen molar-refractivity contribution in [2.75, 3.05) is 7.05 Å². The largest absolute Gasteiger partial charge is 0.335 e. The Morgan fingerprint density at radius 2 is 1.94 bits per heavy atom. The average Bonchev–Trinajstić information content (AvgIpc) is 2.32. The van der Waals surface area contributed by atoms with Gasteiger partial charge in [-0.3, -0.25) is 4.79 Å². The smallest absolute Gasteiger partial charge is 0.226 e. The van der Waals surface area contributed by atoms with Crippen LogP contribution in [0.25, 0.3) is 0 Å². The van der Waals surface area contributed by atoms with Crippen LogP contribution in [0.3, 0.4) is 0 Å². The maximum Gasteiger partial charge on any atom is 0.226 e. The summed E-state index contributed by atoms with van der Waals surface area (Å²) in [5.74, 6) is 0.430. The van der Waals surface area contributed by atoms with Crippen LogP contribution in [0.15, 0.2) is 4.40 Å². The zero-order chi connectivity index (χ0) is 13.6. The van der Waals surface area contributed by atoms with E-state index < -0.39 is 11.0 Å². The predicted molar refractivity (Wildman–Crippen MR) is 73.8 cm³/mol. The van der Waals surface area contributed by atoms with E-state index in [0.717, 1.165) is 25.7 Å². The molecule has 0 aromatic rings. The molecule has 3 rings (SSSR count). The van der Waals surface area contributed by atoms with Crippen LogP contribution in [-0.2, 0) is 15.8 Å². The van der Waals surface area contributed by atoms with Crippen LogP contribution < -0.4 is 0 Å². The van der Waals surface area contributed by atoms with Crippen LogP contribution in [0.2, 0.25) is 0 Å². The molecule has 1 saturated carbocycles. The van der Waals surface area contributed by atoms with E-state index in [2.05, 4.69) is 4.40 Å². The summed E-state index contributed by atoms with van der Waals surface area (Å²) in [6, 6.07) is 0. The molecule has 4 nitrogen and oxygen atoms in total. The van der Waals surface area contributed by atoms with Gasteiger partial charge in [0.2, 0.25) is 5.91 Å². The first kappa shape index (κ1) is 13.7. The molecule has 2 saturated heterocycles. The maximum atomic E-state index is 12.0. The highest BCUT2D eigenvalue weighted by atomic mass is 32.2. The molecule has 1 aliphatic carbocycles. The lowest BCUT2D eigenvalue weighted by molar-refractivity contribution is -0.147. The highest BCUT2D eigenvalue weighted by Crippen LogP contribution is 2.42. The van der Waals surface area contributed by atoms with Gasteiger partial charge in [-0.2, -0.15) is 4.40 Å². The number of hydrogen-bond donors (Lipinski definition) is 0. The number of fused-ring (bicyclic) bond motifs is 3. The third kappa shape index (κ3) is 2.25. The summed E-state index contributed by atoms with van der Waals surface area (Å²) in [7, 11) is 0.603. The van der Waals surface area contributed by atoms with E-state index in [1.54, 1.807) is 6.21 Å². The van der Waals surface area contributed by atoms with E-state index in [-0.39, 0.29) is 22.1 Å². The highest BCUT2D eigenvalue weighted by molar-refractivity contribution is 7.85. The molecular weight excluding hydrogens is 248 g/mol. The summed E-state index contributed by atoms with van der Waals surface area (Å²) >= 11 is 0. The van der Waals surface area contributed by atoms with Gasteiger partial charge in [0, 0.05) is 19.2 Å². The first-order valence-corrected chi connectivity index (χ1v) is 7.62. The molecule has 0 radical (unpaired) electrons. The summed E-state index contributed by atoms with van der Waals surface area (Å²) in [6.45, 7) is 5.72. The number of hydrogen-bond acceptors (Lipinski definition) is 2. The lowest BCUT2D eigenvalue weighted by Gasteiger charge is -2.50. The Morgan fingerprint density at radius 3 is 2.44 bits per heavy atom. The van der Waals surface area contributed by atoms with Crippen molar-refractivity contribution < 1.29 is 9.00 Å². The molecule has 2 heterocycles. The molecule has 18 heavy (non-hydrogen) atoms. The Kier molecular flexibility index (Phi) is 3.38. The molecule has 3 aliphatic rings. The number of piperidine rings is 2. The highest BCUT2D eigenvalue weighted by Gasteiger charge is 2.48. The summed E-state index contributed by atoms with van der Waals surface area (Å²) in [5.41, 5.74) is -0.285. The van der Waals surface area contributed by atoms with Crippen molar-refractivity contribution in [1.82, 2.24) is 4.90 Å². The number of carbonyl (C=O) groups excluding carboxylic acids is 1. The van der Waals surface area contributed by atoms with Crippen molar-refractivity contribution in [3.63, 3.8) is 0 Å². The van der Waals surface area contributed by atoms with Crippen molar-refractivity contribution in [2.24, 2.45) is 10.3 Å². The quantitative estimate of drug-likeness (QED) is 0.720. The second-order valence-electron chi connectivity index (χ2n) is 6.37. The first-order chi connectivity index (χ1) is 8.26. The minimum atomic E-state index is -1.24. The summed E-state index contributed by atoms with van der Waals surface area (Å²) < 4.78 is 15.9. The Balaban J connectivity index is 2.19. The van der Waals surface area contributed by atoms with E-state index >= 15 is 0 Å². The molecule has 0 spiro atoms. The molecule has 0 unspecified atom stereocenters. The van der Waals surface area contributed by atoms with Gasteiger partial charge in [-0.25, -0.2) is 4.21 Å². The van der Waals surface area contributed by atoms with Crippen LogP contribution in [0.1, 0.15) is 46.5 Å². The normalized spacial score (nSPS) is 34.3. The topological polar surface area (TPSA) is 49.7 Å². The van der Waals surface area contributed by atoms with E-state index in [0.29, 0.717) is 0 Å². The molecule has 3 fully saturated rings. The molecule has 5 heteroatoms. The fraction of sp³-hybridized carbons (Fsp3) is 0.846. The van der Waals surface area contributed by atoms with Gasteiger partial charge in [0.1, 0.15) is 11.0 Å². The Labute approximate surface area is 111 Å². The van der Waals surface area contributed by atoms with Gasteiger partial charge < -0.3 is 4.90 Å². The molecule has 0 N–H and O–H groups in total. The van der Waals surface area contributed by atoms with Crippen molar-refractivity contribution in [3.8, 4) is 0 Å². The fourth-order valence-corrected chi connectivity index (χ4v) is 3.32. The van der Waals surface area contributed by atoms with Gasteiger partial charge in [0.05, 0.1) is 10.3 Å². The number of nitrogens with zero attached hydrogens (tertiary/aromatic N) is 2. The Hall–Kier alpha value is -0.710. The zero-order valence-electron chi connectivity index (χ0n) is 11.6. The third-order valence-corrected chi connectivity index (χ3v) is 5.46. The third-order valence-electron chi connectivity index (χ3n) is 4.11. The van der Waals surface area contributed by atoms with E-state index in [1.165, 1.54) is 0 Å². The van der Waals surface area contributed by atoms with Gasteiger partial charge in [0.25, 0.3) is 0 Å². The Bertz CT molecular complexity index is 404. The van der Waals surface area contributed by atoms with Crippen LogP contribution in [0.5, 0.6) is 0 Å². The molecule has 1 atom stereocenters. The number of carbonyl (C=O) groups is 1. The van der Waals surface area contributed by atoms with Crippen molar-refractivity contribution >= 4 is 23.1 Å². The fourth-order valence-electron chi connectivity index (χ4n) is 2.71. The molecular formula is C13H22N2O2S. The van der Waals surface area contributed by atoms with Crippen LogP contribution in [0, 0.1) is 5.92 Å². The maximum absolute atomic E-state index is 12.0. The second kappa shape index (κ2) is 4.44. The Morgan fingerprint density at radius 1 is 1.39 bits per heavy atom. The molecule has 2 bridgehead atoms. The molecule has 1 amide bonds. The van der Waals surface area contributed by atoms with E-state index in [4.69, 9.17) is 0 Å². The monoisotopic (exact) mass is 270 g/mol. The minimum absolute atomic E-state index is 0.207. The van der Waals surface area contributed by atoms with Gasteiger partial charge in [0.15, 0.2) is 0 Å². The van der Waals surface area contributed by atoms with Gasteiger partial charge >= 0.3 is 0 Å². The molecule has 0 aromatic heterocycles. The van der Waals surface area contributed by atoms with E-state index in [9.17, 15) is 9.00 Å².